The van der Waals surface area contributed by atoms with Gasteiger partial charge in [0.25, 0.3) is 0 Å². The van der Waals surface area contributed by atoms with Crippen LogP contribution in [-0.4, -0.2) is 19.9 Å². The first-order valence-corrected chi connectivity index (χ1v) is 7.98. The summed E-state index contributed by atoms with van der Waals surface area (Å²) in [6, 6.07) is 14.2. The minimum absolute atomic E-state index is 0. The minimum atomic E-state index is 0. The molecule has 0 spiro atoms. The van der Waals surface area contributed by atoms with Gasteiger partial charge < -0.3 is 5.73 Å². The van der Waals surface area contributed by atoms with Gasteiger partial charge in [0, 0.05) is 23.7 Å². The number of hydrogen-bond acceptors (Lipinski definition) is 6. The average molecular weight is 356 g/mol. The summed E-state index contributed by atoms with van der Waals surface area (Å²) in [5.74, 6) is 1.41. The number of anilines is 1. The molecule has 0 amide bonds. The maximum Gasteiger partial charge on any atom is 0.201 e. The highest BCUT2D eigenvalue weighted by molar-refractivity contribution is 7.18. The molecule has 3 aromatic heterocycles. The Bertz CT molecular complexity index is 957. The Kier molecular flexibility index (Phi) is 4.69. The molecule has 120 valence electrons. The summed E-state index contributed by atoms with van der Waals surface area (Å²) >= 11 is 1.63. The van der Waals surface area contributed by atoms with Crippen molar-refractivity contribution in [3.8, 4) is 11.6 Å². The van der Waals surface area contributed by atoms with Crippen LogP contribution in [0.3, 0.4) is 0 Å². The van der Waals surface area contributed by atoms with Gasteiger partial charge in [0.05, 0.1) is 5.39 Å². The highest BCUT2D eigenvalue weighted by atomic mass is 35.5. The second-order valence-corrected chi connectivity index (χ2v) is 6.21. The second kappa shape index (κ2) is 6.90. The van der Waals surface area contributed by atoms with Crippen molar-refractivity contribution in [2.24, 2.45) is 0 Å². The fraction of sp³-hybridized carbons (Fsp3) is 0.0588. The minimum Gasteiger partial charge on any atom is -0.383 e. The molecule has 0 aliphatic heterocycles. The zero-order valence-corrected chi connectivity index (χ0v) is 14.2. The van der Waals surface area contributed by atoms with Gasteiger partial charge in [-0.15, -0.1) is 23.7 Å². The highest BCUT2D eigenvalue weighted by Gasteiger charge is 2.12. The van der Waals surface area contributed by atoms with Crippen LogP contribution in [-0.2, 0) is 6.42 Å². The summed E-state index contributed by atoms with van der Waals surface area (Å²) in [5.41, 5.74) is 7.36. The van der Waals surface area contributed by atoms with E-state index in [2.05, 4.69) is 38.1 Å². The van der Waals surface area contributed by atoms with Crippen LogP contribution in [0.4, 0.5) is 5.82 Å². The van der Waals surface area contributed by atoms with Crippen LogP contribution in [0.25, 0.3) is 21.9 Å². The molecule has 7 heteroatoms. The Hall–Kier alpha value is -2.57. The number of nitrogen functional groups attached to an aromatic ring is 1. The van der Waals surface area contributed by atoms with Gasteiger partial charge in [-0.25, -0.2) is 19.9 Å². The third kappa shape index (κ3) is 3.20. The lowest BCUT2D eigenvalue weighted by atomic mass is 10.1. The van der Waals surface area contributed by atoms with Crippen molar-refractivity contribution >= 4 is 39.8 Å². The topological polar surface area (TPSA) is 77.6 Å². The third-order valence-electron chi connectivity index (χ3n) is 3.46. The molecule has 0 saturated heterocycles. The van der Waals surface area contributed by atoms with E-state index < -0.39 is 0 Å². The summed E-state index contributed by atoms with van der Waals surface area (Å²) in [7, 11) is 0. The molecular formula is C17H14ClN5S. The molecular weight excluding hydrogens is 342 g/mol. The normalized spacial score (nSPS) is 10.5. The number of thiophene rings is 1. The molecule has 0 aliphatic rings. The first kappa shape index (κ1) is 16.3. The molecule has 2 N–H and O–H groups in total. The molecule has 0 radical (unpaired) electrons. The molecule has 0 fully saturated rings. The Balaban J connectivity index is 0.00000169. The summed E-state index contributed by atoms with van der Waals surface area (Å²) in [5, 5.41) is 0.889. The maximum atomic E-state index is 6.10. The number of nitrogens with zero attached hydrogens (tertiary/aromatic N) is 4. The molecule has 0 atom stereocenters. The molecule has 0 bridgehead atoms. The maximum absolute atomic E-state index is 6.10. The van der Waals surface area contributed by atoms with Crippen LogP contribution in [0.5, 0.6) is 0 Å². The zero-order chi connectivity index (χ0) is 15.6. The van der Waals surface area contributed by atoms with Crippen LogP contribution >= 0.6 is 23.7 Å². The van der Waals surface area contributed by atoms with Gasteiger partial charge >= 0.3 is 0 Å². The van der Waals surface area contributed by atoms with E-state index in [1.54, 1.807) is 29.8 Å². The van der Waals surface area contributed by atoms with Crippen molar-refractivity contribution in [3.05, 3.63) is 65.3 Å². The number of benzene rings is 1. The molecule has 1 aromatic carbocycles. The van der Waals surface area contributed by atoms with Crippen LogP contribution < -0.4 is 5.73 Å². The molecule has 0 unspecified atom stereocenters. The monoisotopic (exact) mass is 355 g/mol. The van der Waals surface area contributed by atoms with Crippen LogP contribution in [0.2, 0.25) is 0 Å². The van der Waals surface area contributed by atoms with Gasteiger partial charge in [0.1, 0.15) is 10.6 Å². The second-order valence-electron chi connectivity index (χ2n) is 5.10. The number of rotatable bonds is 3. The molecule has 0 aliphatic carbocycles. The van der Waals surface area contributed by atoms with Gasteiger partial charge in [0.2, 0.25) is 5.82 Å². The number of nitrogens with two attached hydrogens (primary N) is 1. The van der Waals surface area contributed by atoms with Gasteiger partial charge in [-0.3, -0.25) is 0 Å². The largest absolute Gasteiger partial charge is 0.383 e. The van der Waals surface area contributed by atoms with E-state index in [0.29, 0.717) is 17.5 Å². The van der Waals surface area contributed by atoms with Crippen molar-refractivity contribution < 1.29 is 0 Å². The molecule has 4 rings (SSSR count). The Morgan fingerprint density at radius 3 is 2.42 bits per heavy atom. The molecule has 4 aromatic rings. The predicted molar refractivity (Wildman–Crippen MR) is 99.3 cm³/mol. The summed E-state index contributed by atoms with van der Waals surface area (Å²) in [4.78, 5) is 19.4. The molecule has 24 heavy (non-hydrogen) atoms. The van der Waals surface area contributed by atoms with E-state index in [0.717, 1.165) is 16.6 Å². The predicted octanol–water partition coefficient (Wildman–Crippen LogP) is 3.74. The van der Waals surface area contributed by atoms with E-state index in [1.807, 2.05) is 18.2 Å². The quantitative estimate of drug-likeness (QED) is 0.605. The molecule has 5 nitrogen and oxygen atoms in total. The van der Waals surface area contributed by atoms with Crippen LogP contribution in [0.1, 0.15) is 10.4 Å². The number of aromatic nitrogens is 4. The SMILES string of the molecule is Cl.Nc1nc(-c2ncccn2)nc2sc(Cc3ccccc3)cc12. The van der Waals surface area contributed by atoms with E-state index in [9.17, 15) is 0 Å². The fourth-order valence-electron chi connectivity index (χ4n) is 2.39. The van der Waals surface area contributed by atoms with Crippen LogP contribution in [0.15, 0.2) is 54.9 Å². The first-order chi connectivity index (χ1) is 11.3. The van der Waals surface area contributed by atoms with Crippen LogP contribution in [0, 0.1) is 0 Å². The summed E-state index contributed by atoms with van der Waals surface area (Å²) in [6.45, 7) is 0. The summed E-state index contributed by atoms with van der Waals surface area (Å²) in [6.07, 6.45) is 4.20. The molecule has 0 saturated carbocycles. The van der Waals surface area contributed by atoms with Crippen molar-refractivity contribution in [1.82, 2.24) is 19.9 Å². The first-order valence-electron chi connectivity index (χ1n) is 7.17. The Morgan fingerprint density at radius 1 is 0.917 bits per heavy atom. The van der Waals surface area contributed by atoms with Gasteiger partial charge in [-0.1, -0.05) is 30.3 Å². The number of fused-ring (bicyclic) bond motifs is 1. The molecule has 3 heterocycles. The van der Waals surface area contributed by atoms with Crippen molar-refractivity contribution in [2.75, 3.05) is 5.73 Å². The Labute approximate surface area is 149 Å². The van der Waals surface area contributed by atoms with Crippen molar-refractivity contribution in [1.29, 1.82) is 0 Å². The van der Waals surface area contributed by atoms with Gasteiger partial charge in [-0.2, -0.15) is 0 Å². The lowest BCUT2D eigenvalue weighted by Gasteiger charge is -2.00. The van der Waals surface area contributed by atoms with E-state index in [4.69, 9.17) is 5.73 Å². The third-order valence-corrected chi connectivity index (χ3v) is 4.49. The number of halogens is 1. The van der Waals surface area contributed by atoms with Crippen molar-refractivity contribution in [2.45, 2.75) is 6.42 Å². The highest BCUT2D eigenvalue weighted by Crippen LogP contribution is 2.30. The fourth-order valence-corrected chi connectivity index (χ4v) is 3.46. The Morgan fingerprint density at radius 2 is 1.67 bits per heavy atom. The number of hydrogen-bond donors (Lipinski definition) is 1. The average Bonchev–Trinajstić information content (AvgIpc) is 2.99. The smallest absolute Gasteiger partial charge is 0.201 e. The van der Waals surface area contributed by atoms with Gasteiger partial charge in [0.15, 0.2) is 5.82 Å². The standard InChI is InChI=1S/C17H13N5S.ClH/c18-14-13-10-12(9-11-5-2-1-3-6-11)23-17(13)22-16(21-14)15-19-7-4-8-20-15;/h1-8,10H,9H2,(H2,18,21,22);1H. The van der Waals surface area contributed by atoms with E-state index in [1.165, 1.54) is 10.4 Å². The van der Waals surface area contributed by atoms with Gasteiger partial charge in [-0.05, 0) is 17.7 Å². The van der Waals surface area contributed by atoms with Crippen molar-refractivity contribution in [3.63, 3.8) is 0 Å². The lowest BCUT2D eigenvalue weighted by molar-refractivity contribution is 1.10. The lowest BCUT2D eigenvalue weighted by Crippen LogP contribution is -1.98. The van der Waals surface area contributed by atoms with E-state index >= 15 is 0 Å². The van der Waals surface area contributed by atoms with E-state index in [-0.39, 0.29) is 12.4 Å². The summed E-state index contributed by atoms with van der Waals surface area (Å²) < 4.78 is 0. The zero-order valence-electron chi connectivity index (χ0n) is 12.6.